The third kappa shape index (κ3) is 2.80. The first kappa shape index (κ1) is 13.6. The Morgan fingerprint density at radius 2 is 2.06 bits per heavy atom. The minimum absolute atomic E-state index is 0.0638. The molecule has 0 saturated carbocycles. The van der Waals surface area contributed by atoms with Crippen LogP contribution >= 0.6 is 11.8 Å². The van der Waals surface area contributed by atoms with Gasteiger partial charge in [0, 0.05) is 36.2 Å². The van der Waals surface area contributed by atoms with Gasteiger partial charge in [0.05, 0.1) is 11.5 Å². The van der Waals surface area contributed by atoms with Gasteiger partial charge >= 0.3 is 0 Å². The summed E-state index contributed by atoms with van der Waals surface area (Å²) in [5, 5.41) is 0. The highest BCUT2D eigenvalue weighted by Gasteiger charge is 2.43. The average Bonchev–Trinajstić information content (AvgIpc) is 2.31. The van der Waals surface area contributed by atoms with Gasteiger partial charge in [-0.15, -0.1) is 0 Å². The molecule has 100 valence electrons. The van der Waals surface area contributed by atoms with Crippen LogP contribution in [0.3, 0.4) is 0 Å². The van der Waals surface area contributed by atoms with Crippen molar-refractivity contribution in [2.75, 3.05) is 36.1 Å². The Labute approximate surface area is 108 Å². The van der Waals surface area contributed by atoms with Gasteiger partial charge in [0.2, 0.25) is 0 Å². The zero-order chi connectivity index (χ0) is 12.5. The van der Waals surface area contributed by atoms with Crippen molar-refractivity contribution in [3.8, 4) is 0 Å². The summed E-state index contributed by atoms with van der Waals surface area (Å²) in [4.78, 5) is 2.47. The second-order valence-electron chi connectivity index (χ2n) is 5.20. The van der Waals surface area contributed by atoms with E-state index < -0.39 is 9.84 Å². The molecule has 6 heteroatoms. The summed E-state index contributed by atoms with van der Waals surface area (Å²) in [6, 6.07) is 0.512. The molecular weight excluding hydrogens is 256 g/mol. The predicted octanol–water partition coefficient (Wildman–Crippen LogP) is 0.330. The number of hydrogen-bond acceptors (Lipinski definition) is 5. The molecule has 2 saturated heterocycles. The van der Waals surface area contributed by atoms with Gasteiger partial charge in [-0.1, -0.05) is 0 Å². The molecule has 2 fully saturated rings. The molecule has 2 heterocycles. The highest BCUT2D eigenvalue weighted by Crippen LogP contribution is 2.33. The molecule has 4 nitrogen and oxygen atoms in total. The first-order chi connectivity index (χ1) is 7.99. The van der Waals surface area contributed by atoms with Crippen LogP contribution in [0.5, 0.6) is 0 Å². The van der Waals surface area contributed by atoms with Crippen molar-refractivity contribution in [1.82, 2.24) is 4.90 Å². The van der Waals surface area contributed by atoms with E-state index in [0.717, 1.165) is 18.1 Å². The van der Waals surface area contributed by atoms with Crippen LogP contribution in [0.15, 0.2) is 0 Å². The lowest BCUT2D eigenvalue weighted by Crippen LogP contribution is -2.62. The van der Waals surface area contributed by atoms with E-state index >= 15 is 0 Å². The molecular formula is C11H22N2O2S2. The number of nitrogens with two attached hydrogens (primary N) is 1. The monoisotopic (exact) mass is 278 g/mol. The van der Waals surface area contributed by atoms with Crippen LogP contribution in [0.2, 0.25) is 0 Å². The normalized spacial score (nSPS) is 33.4. The number of nitrogens with zero attached hydrogens (tertiary/aromatic N) is 1. The first-order valence-corrected chi connectivity index (χ1v) is 9.22. The molecule has 17 heavy (non-hydrogen) atoms. The van der Waals surface area contributed by atoms with Crippen LogP contribution in [0.4, 0.5) is 0 Å². The van der Waals surface area contributed by atoms with E-state index in [1.54, 1.807) is 0 Å². The highest BCUT2D eigenvalue weighted by atomic mass is 32.2. The Morgan fingerprint density at radius 1 is 1.41 bits per heavy atom. The summed E-state index contributed by atoms with van der Waals surface area (Å²) >= 11 is 1.98. The Bertz CT molecular complexity index is 356. The fourth-order valence-corrected chi connectivity index (χ4v) is 5.56. The molecule has 0 radical (unpaired) electrons. The largest absolute Gasteiger partial charge is 0.329 e. The van der Waals surface area contributed by atoms with Gasteiger partial charge in [-0.2, -0.15) is 11.8 Å². The lowest BCUT2D eigenvalue weighted by Gasteiger charge is -2.50. The van der Waals surface area contributed by atoms with Gasteiger partial charge < -0.3 is 5.73 Å². The van der Waals surface area contributed by atoms with Crippen molar-refractivity contribution < 1.29 is 8.42 Å². The van der Waals surface area contributed by atoms with Gasteiger partial charge in [0.1, 0.15) is 9.84 Å². The van der Waals surface area contributed by atoms with E-state index in [1.807, 2.05) is 11.8 Å². The summed E-state index contributed by atoms with van der Waals surface area (Å²) in [6.07, 6.45) is 1.42. The lowest BCUT2D eigenvalue weighted by molar-refractivity contribution is 0.0576. The topological polar surface area (TPSA) is 63.4 Å². The predicted molar refractivity (Wildman–Crippen MR) is 73.2 cm³/mol. The molecule has 0 aromatic rings. The summed E-state index contributed by atoms with van der Waals surface area (Å²) in [6.45, 7) is 3.85. The Morgan fingerprint density at radius 3 is 2.59 bits per heavy atom. The highest BCUT2D eigenvalue weighted by molar-refractivity contribution is 7.99. The summed E-state index contributed by atoms with van der Waals surface area (Å²) in [5.41, 5.74) is 5.91. The summed E-state index contributed by atoms with van der Waals surface area (Å²) < 4.78 is 23.1. The number of thioether (sulfide) groups is 1. The molecule has 0 aromatic carbocycles. The number of sulfone groups is 1. The molecule has 0 aromatic heterocycles. The molecule has 1 atom stereocenters. The zero-order valence-electron chi connectivity index (χ0n) is 10.4. The van der Waals surface area contributed by atoms with Gasteiger partial charge in [0.15, 0.2) is 0 Å². The van der Waals surface area contributed by atoms with Gasteiger partial charge in [-0.05, 0) is 19.8 Å². The molecule has 0 amide bonds. The smallest absolute Gasteiger partial charge is 0.150 e. The van der Waals surface area contributed by atoms with Crippen molar-refractivity contribution in [2.45, 2.75) is 31.3 Å². The SMILES string of the molecule is CC1CSCCN1C1(CN)CCS(=O)(=O)CC1. The van der Waals surface area contributed by atoms with Gasteiger partial charge in [-0.3, -0.25) is 4.90 Å². The third-order valence-electron chi connectivity index (χ3n) is 4.11. The second-order valence-corrected chi connectivity index (χ2v) is 8.65. The molecule has 0 bridgehead atoms. The molecule has 2 aliphatic heterocycles. The third-order valence-corrected chi connectivity index (χ3v) is 6.96. The molecule has 1 unspecified atom stereocenters. The zero-order valence-corrected chi connectivity index (χ0v) is 12.0. The minimum Gasteiger partial charge on any atom is -0.329 e. The second kappa shape index (κ2) is 5.07. The maximum Gasteiger partial charge on any atom is 0.150 e. The molecule has 2 N–H and O–H groups in total. The fraction of sp³-hybridized carbons (Fsp3) is 1.00. The van der Waals surface area contributed by atoms with Crippen LogP contribution < -0.4 is 5.73 Å². The standard InChI is InChI=1S/C11H22N2O2S2/c1-10-8-16-5-4-13(10)11(9-12)2-6-17(14,15)7-3-11/h10H,2-9,12H2,1H3. The van der Waals surface area contributed by atoms with E-state index in [0.29, 0.717) is 36.9 Å². The van der Waals surface area contributed by atoms with E-state index in [4.69, 9.17) is 5.73 Å². The molecule has 2 rings (SSSR count). The van der Waals surface area contributed by atoms with Crippen molar-refractivity contribution in [2.24, 2.45) is 5.73 Å². The van der Waals surface area contributed by atoms with Crippen LogP contribution in [0.1, 0.15) is 19.8 Å². The van der Waals surface area contributed by atoms with Crippen molar-refractivity contribution in [3.63, 3.8) is 0 Å². The van der Waals surface area contributed by atoms with Crippen molar-refractivity contribution >= 4 is 21.6 Å². The van der Waals surface area contributed by atoms with E-state index in [9.17, 15) is 8.42 Å². The summed E-state index contributed by atoms with van der Waals surface area (Å²) in [5.74, 6) is 2.88. The molecule has 2 aliphatic rings. The first-order valence-electron chi connectivity index (χ1n) is 6.24. The number of hydrogen-bond donors (Lipinski definition) is 1. The van der Waals surface area contributed by atoms with Crippen molar-refractivity contribution in [3.05, 3.63) is 0 Å². The van der Waals surface area contributed by atoms with Crippen LogP contribution in [-0.4, -0.2) is 61.0 Å². The van der Waals surface area contributed by atoms with E-state index in [1.165, 1.54) is 0 Å². The Balaban J connectivity index is 2.14. The van der Waals surface area contributed by atoms with Crippen LogP contribution in [0, 0.1) is 0 Å². The Kier molecular flexibility index (Phi) is 4.07. The quantitative estimate of drug-likeness (QED) is 0.788. The maximum absolute atomic E-state index is 11.6. The van der Waals surface area contributed by atoms with Gasteiger partial charge in [-0.25, -0.2) is 8.42 Å². The molecule has 0 aliphatic carbocycles. The van der Waals surface area contributed by atoms with Crippen molar-refractivity contribution in [1.29, 1.82) is 0 Å². The maximum atomic E-state index is 11.6. The fourth-order valence-electron chi connectivity index (χ4n) is 2.96. The van der Waals surface area contributed by atoms with Gasteiger partial charge in [0.25, 0.3) is 0 Å². The van der Waals surface area contributed by atoms with Crippen LogP contribution in [-0.2, 0) is 9.84 Å². The van der Waals surface area contributed by atoms with Crippen LogP contribution in [0.25, 0.3) is 0 Å². The minimum atomic E-state index is -2.81. The average molecular weight is 278 g/mol. The molecule has 0 spiro atoms. The lowest BCUT2D eigenvalue weighted by atomic mass is 9.88. The van der Waals surface area contributed by atoms with E-state index in [2.05, 4.69) is 11.8 Å². The van der Waals surface area contributed by atoms with E-state index in [-0.39, 0.29) is 5.54 Å². The Hall–Kier alpha value is 0.220. The number of rotatable bonds is 2. The summed E-state index contributed by atoms with van der Waals surface area (Å²) in [7, 11) is -2.81.